The molecule has 3 nitrogen and oxygen atoms in total. The van der Waals surface area contributed by atoms with E-state index in [9.17, 15) is 9.90 Å². The number of hydrogen-bond acceptors (Lipinski definition) is 3. The van der Waals surface area contributed by atoms with Gasteiger partial charge in [0.25, 0.3) is 0 Å². The molecule has 0 spiro atoms. The third-order valence-corrected chi connectivity index (χ3v) is 4.38. The highest BCUT2D eigenvalue weighted by atomic mass is 32.2. The Balaban J connectivity index is 1.85. The van der Waals surface area contributed by atoms with Crippen LogP contribution in [0.5, 0.6) is 0 Å². The molecule has 2 unspecified atom stereocenters. The van der Waals surface area contributed by atoms with Crippen molar-refractivity contribution in [2.75, 3.05) is 12.4 Å². The van der Waals surface area contributed by atoms with Crippen molar-refractivity contribution in [3.63, 3.8) is 0 Å². The number of hydrogen-bond donors (Lipinski definition) is 1. The molecule has 1 aliphatic heterocycles. The van der Waals surface area contributed by atoms with Crippen LogP contribution in [0.1, 0.15) is 18.4 Å². The average molecular weight is 266 g/mol. The number of benzene rings is 1. The minimum absolute atomic E-state index is 0.243. The number of thioether (sulfide) groups is 1. The molecule has 1 fully saturated rings. The fraction of sp³-hybridized carbons (Fsp3) is 0.500. The van der Waals surface area contributed by atoms with Gasteiger partial charge in [0.15, 0.2) is 0 Å². The molecular weight excluding hydrogens is 248 g/mol. The van der Waals surface area contributed by atoms with Crippen molar-refractivity contribution in [2.24, 2.45) is 0 Å². The number of aliphatic carboxylic acids is 1. The maximum atomic E-state index is 11.2. The predicted molar refractivity (Wildman–Crippen MR) is 73.0 cm³/mol. The second-order valence-electron chi connectivity index (χ2n) is 4.48. The summed E-state index contributed by atoms with van der Waals surface area (Å²) in [5, 5.41) is 8.87. The van der Waals surface area contributed by atoms with Crippen LogP contribution in [0.15, 0.2) is 30.3 Å². The van der Waals surface area contributed by atoms with Crippen LogP contribution < -0.4 is 0 Å². The second-order valence-corrected chi connectivity index (χ2v) is 5.72. The third kappa shape index (κ3) is 4.03. The molecule has 4 heteroatoms. The average Bonchev–Trinajstić information content (AvgIpc) is 2.88. The molecule has 0 radical (unpaired) electrons. The normalized spacial score (nSPS) is 20.8. The molecule has 98 valence electrons. The van der Waals surface area contributed by atoms with E-state index in [0.29, 0.717) is 6.42 Å². The van der Waals surface area contributed by atoms with Crippen LogP contribution in [0.3, 0.4) is 0 Å². The molecule has 1 saturated heterocycles. The summed E-state index contributed by atoms with van der Waals surface area (Å²) < 4.78 is 5.52. The Kier molecular flexibility index (Phi) is 5.08. The summed E-state index contributed by atoms with van der Waals surface area (Å²) >= 11 is 1.50. The number of carboxylic acid groups (broad SMARTS) is 1. The zero-order valence-electron chi connectivity index (χ0n) is 10.2. The lowest BCUT2D eigenvalue weighted by Gasteiger charge is -2.15. The summed E-state index contributed by atoms with van der Waals surface area (Å²) in [6.07, 6.45) is 2.98. The molecule has 1 N–H and O–H groups in total. The highest BCUT2D eigenvalue weighted by Crippen LogP contribution is 2.23. The Labute approximate surface area is 112 Å². The van der Waals surface area contributed by atoms with E-state index in [1.165, 1.54) is 11.8 Å². The van der Waals surface area contributed by atoms with Crippen molar-refractivity contribution in [2.45, 2.75) is 30.6 Å². The van der Waals surface area contributed by atoms with E-state index >= 15 is 0 Å². The Morgan fingerprint density at radius 2 is 2.22 bits per heavy atom. The highest BCUT2D eigenvalue weighted by Gasteiger charge is 2.22. The summed E-state index contributed by atoms with van der Waals surface area (Å²) in [5.74, 6) is 0.0471. The van der Waals surface area contributed by atoms with Crippen LogP contribution in [-0.2, 0) is 16.0 Å². The third-order valence-electron chi connectivity index (χ3n) is 3.05. The first-order valence-electron chi connectivity index (χ1n) is 6.25. The molecule has 0 amide bonds. The lowest BCUT2D eigenvalue weighted by Crippen LogP contribution is -2.22. The van der Waals surface area contributed by atoms with Crippen molar-refractivity contribution >= 4 is 17.7 Å². The first-order chi connectivity index (χ1) is 8.75. The Bertz CT molecular complexity index is 374. The fourth-order valence-electron chi connectivity index (χ4n) is 2.04. The summed E-state index contributed by atoms with van der Waals surface area (Å²) in [6.45, 7) is 0.821. The van der Waals surface area contributed by atoms with Crippen molar-refractivity contribution in [3.8, 4) is 0 Å². The van der Waals surface area contributed by atoms with E-state index in [0.717, 1.165) is 30.8 Å². The van der Waals surface area contributed by atoms with Gasteiger partial charge >= 0.3 is 5.97 Å². The van der Waals surface area contributed by atoms with Crippen molar-refractivity contribution in [1.29, 1.82) is 0 Å². The molecule has 1 aromatic rings. The molecule has 2 atom stereocenters. The van der Waals surface area contributed by atoms with E-state index < -0.39 is 5.97 Å². The number of carbonyl (C=O) groups is 1. The Morgan fingerprint density at radius 1 is 1.44 bits per heavy atom. The Hall–Kier alpha value is -1.00. The summed E-state index contributed by atoms with van der Waals surface area (Å²) in [4.78, 5) is 11.2. The van der Waals surface area contributed by atoms with Gasteiger partial charge in [0.1, 0.15) is 5.25 Å². The van der Waals surface area contributed by atoms with Crippen LogP contribution >= 0.6 is 11.8 Å². The molecule has 2 rings (SSSR count). The standard InChI is InChI=1S/C14H18O3S/c15-14(16)13(9-11-5-2-1-3-6-11)18-10-12-7-4-8-17-12/h1-3,5-6,12-13H,4,7-10H2,(H,15,16). The number of carboxylic acids is 1. The Morgan fingerprint density at radius 3 is 2.83 bits per heavy atom. The van der Waals surface area contributed by atoms with Gasteiger partial charge in [0.05, 0.1) is 6.10 Å². The van der Waals surface area contributed by atoms with E-state index in [1.807, 2.05) is 30.3 Å². The van der Waals surface area contributed by atoms with Crippen LogP contribution in [0.4, 0.5) is 0 Å². The van der Waals surface area contributed by atoms with Gasteiger partial charge in [-0.3, -0.25) is 4.79 Å². The van der Waals surface area contributed by atoms with Gasteiger partial charge in [-0.15, -0.1) is 11.8 Å². The molecule has 0 bridgehead atoms. The first kappa shape index (κ1) is 13.4. The number of rotatable bonds is 6. The zero-order chi connectivity index (χ0) is 12.8. The van der Waals surface area contributed by atoms with E-state index in [2.05, 4.69) is 0 Å². The molecule has 18 heavy (non-hydrogen) atoms. The zero-order valence-corrected chi connectivity index (χ0v) is 11.1. The summed E-state index contributed by atoms with van der Waals surface area (Å²) in [5.41, 5.74) is 1.07. The topological polar surface area (TPSA) is 46.5 Å². The summed E-state index contributed by atoms with van der Waals surface area (Å²) in [7, 11) is 0. The minimum atomic E-state index is -0.734. The maximum Gasteiger partial charge on any atom is 0.316 e. The van der Waals surface area contributed by atoms with Crippen molar-refractivity contribution < 1.29 is 14.6 Å². The van der Waals surface area contributed by atoms with Gasteiger partial charge in [-0.25, -0.2) is 0 Å². The van der Waals surface area contributed by atoms with Crippen molar-refractivity contribution in [3.05, 3.63) is 35.9 Å². The fourth-order valence-corrected chi connectivity index (χ4v) is 3.21. The van der Waals surface area contributed by atoms with E-state index in [1.54, 1.807) is 0 Å². The van der Waals surface area contributed by atoms with Crippen LogP contribution in [0.2, 0.25) is 0 Å². The number of ether oxygens (including phenoxy) is 1. The molecule has 1 heterocycles. The van der Waals surface area contributed by atoms with E-state index in [4.69, 9.17) is 4.74 Å². The van der Waals surface area contributed by atoms with Gasteiger partial charge in [-0.1, -0.05) is 30.3 Å². The van der Waals surface area contributed by atoms with Gasteiger partial charge in [-0.2, -0.15) is 0 Å². The van der Waals surface area contributed by atoms with Crippen molar-refractivity contribution in [1.82, 2.24) is 0 Å². The van der Waals surface area contributed by atoms with E-state index in [-0.39, 0.29) is 11.4 Å². The smallest absolute Gasteiger partial charge is 0.316 e. The second kappa shape index (κ2) is 6.81. The SMILES string of the molecule is O=C(O)C(Cc1ccccc1)SCC1CCCO1. The maximum absolute atomic E-state index is 11.2. The van der Waals surface area contributed by atoms with Gasteiger partial charge in [0, 0.05) is 12.4 Å². The monoisotopic (exact) mass is 266 g/mol. The van der Waals surface area contributed by atoms with Crippen LogP contribution in [0.25, 0.3) is 0 Å². The van der Waals surface area contributed by atoms with Crippen LogP contribution in [-0.4, -0.2) is 34.8 Å². The first-order valence-corrected chi connectivity index (χ1v) is 7.30. The quantitative estimate of drug-likeness (QED) is 0.859. The highest BCUT2D eigenvalue weighted by molar-refractivity contribution is 8.00. The van der Waals surface area contributed by atoms with Gasteiger partial charge < -0.3 is 9.84 Å². The van der Waals surface area contributed by atoms with Gasteiger partial charge in [0.2, 0.25) is 0 Å². The largest absolute Gasteiger partial charge is 0.480 e. The minimum Gasteiger partial charge on any atom is -0.480 e. The molecule has 1 aromatic carbocycles. The molecule has 0 aliphatic carbocycles. The van der Waals surface area contributed by atoms with Gasteiger partial charge in [-0.05, 0) is 24.8 Å². The predicted octanol–water partition coefficient (Wildman–Crippen LogP) is 2.59. The molecule has 0 aromatic heterocycles. The lowest BCUT2D eigenvalue weighted by atomic mass is 10.1. The molecule has 0 saturated carbocycles. The lowest BCUT2D eigenvalue weighted by molar-refractivity contribution is -0.136. The van der Waals surface area contributed by atoms with Crippen LogP contribution in [0, 0.1) is 0 Å². The molecular formula is C14H18O3S. The summed E-state index contributed by atoms with van der Waals surface area (Å²) in [6, 6.07) is 9.78. The molecule has 1 aliphatic rings.